The summed E-state index contributed by atoms with van der Waals surface area (Å²) < 4.78 is 0. The Balaban J connectivity index is 0.000000255. The Bertz CT molecular complexity index is 229. The van der Waals surface area contributed by atoms with Crippen molar-refractivity contribution in [1.82, 2.24) is 0 Å². The van der Waals surface area contributed by atoms with Gasteiger partial charge in [0.25, 0.3) is 0 Å². The van der Waals surface area contributed by atoms with Crippen molar-refractivity contribution < 1.29 is 10.2 Å². The highest BCUT2D eigenvalue weighted by molar-refractivity contribution is 5.45. The van der Waals surface area contributed by atoms with E-state index in [0.717, 1.165) is 6.42 Å². The third-order valence-corrected chi connectivity index (χ3v) is 1.58. The minimum atomic E-state index is -1.10. The van der Waals surface area contributed by atoms with E-state index in [0.29, 0.717) is 6.42 Å². The van der Waals surface area contributed by atoms with E-state index in [9.17, 15) is 0 Å². The smallest absolute Gasteiger partial charge is 0.151 e. The maximum Gasteiger partial charge on any atom is 0.151 e. The summed E-state index contributed by atoms with van der Waals surface area (Å²) in [6.07, 6.45) is 2.05. The molecule has 0 unspecified atom stereocenters. The second-order valence-corrected chi connectivity index (χ2v) is 2.88. The van der Waals surface area contributed by atoms with E-state index in [2.05, 4.69) is 6.58 Å². The number of aliphatic hydroxyl groups excluding tert-OH is 1. The molecular formula is C12H18O2. The van der Waals surface area contributed by atoms with Crippen molar-refractivity contribution in [3.63, 3.8) is 0 Å². The lowest BCUT2D eigenvalue weighted by Gasteiger charge is -1.94. The van der Waals surface area contributed by atoms with Crippen LogP contribution in [-0.2, 0) is 0 Å². The Kier molecular flexibility index (Phi) is 7.80. The van der Waals surface area contributed by atoms with Gasteiger partial charge in [-0.25, -0.2) is 0 Å². The van der Waals surface area contributed by atoms with Crippen LogP contribution in [-0.4, -0.2) is 16.5 Å². The number of hydrogen-bond acceptors (Lipinski definition) is 2. The third-order valence-electron chi connectivity index (χ3n) is 1.58. The SMILES string of the molecule is C=Cc1ccccc1.CCCC(O)O. The molecule has 0 aliphatic heterocycles. The third kappa shape index (κ3) is 7.53. The van der Waals surface area contributed by atoms with Crippen LogP contribution >= 0.6 is 0 Å². The van der Waals surface area contributed by atoms with Gasteiger partial charge < -0.3 is 10.2 Å². The van der Waals surface area contributed by atoms with Crippen LogP contribution in [0.25, 0.3) is 6.08 Å². The van der Waals surface area contributed by atoms with Crippen molar-refractivity contribution in [1.29, 1.82) is 0 Å². The molecule has 2 N–H and O–H groups in total. The highest BCUT2D eigenvalue weighted by Crippen LogP contribution is 1.97. The first-order chi connectivity index (χ1) is 6.70. The molecule has 0 radical (unpaired) electrons. The zero-order valence-electron chi connectivity index (χ0n) is 8.56. The highest BCUT2D eigenvalue weighted by atomic mass is 16.5. The first-order valence-corrected chi connectivity index (χ1v) is 4.74. The fraction of sp³-hybridized carbons (Fsp3) is 0.333. The molecule has 0 fully saturated rings. The van der Waals surface area contributed by atoms with Crippen LogP contribution in [0.5, 0.6) is 0 Å². The molecule has 0 aliphatic carbocycles. The molecule has 0 saturated carbocycles. The van der Waals surface area contributed by atoms with Gasteiger partial charge in [0.15, 0.2) is 6.29 Å². The number of rotatable bonds is 3. The molecule has 2 nitrogen and oxygen atoms in total. The van der Waals surface area contributed by atoms with Crippen molar-refractivity contribution in [3.05, 3.63) is 42.5 Å². The first-order valence-electron chi connectivity index (χ1n) is 4.74. The minimum absolute atomic E-state index is 0.486. The Morgan fingerprint density at radius 1 is 1.29 bits per heavy atom. The molecule has 0 amide bonds. The molecule has 0 atom stereocenters. The maximum atomic E-state index is 8.11. The summed E-state index contributed by atoms with van der Waals surface area (Å²) >= 11 is 0. The molecule has 1 rings (SSSR count). The molecule has 1 aromatic carbocycles. The molecule has 0 aromatic heterocycles. The van der Waals surface area contributed by atoms with Crippen molar-refractivity contribution >= 4 is 6.08 Å². The summed E-state index contributed by atoms with van der Waals surface area (Å²) in [5.41, 5.74) is 1.17. The topological polar surface area (TPSA) is 40.5 Å². The summed E-state index contributed by atoms with van der Waals surface area (Å²) in [4.78, 5) is 0. The van der Waals surface area contributed by atoms with Gasteiger partial charge in [0.2, 0.25) is 0 Å². The van der Waals surface area contributed by atoms with Crippen LogP contribution in [0.15, 0.2) is 36.9 Å². The van der Waals surface area contributed by atoms with Crippen molar-refractivity contribution in [2.24, 2.45) is 0 Å². The molecule has 0 spiro atoms. The summed E-state index contributed by atoms with van der Waals surface area (Å²) in [7, 11) is 0. The van der Waals surface area contributed by atoms with Gasteiger partial charge in [-0.1, -0.05) is 56.3 Å². The summed E-state index contributed by atoms with van der Waals surface area (Å²) in [5, 5.41) is 16.2. The van der Waals surface area contributed by atoms with Crippen LogP contribution in [0.1, 0.15) is 25.3 Å². The minimum Gasteiger partial charge on any atom is -0.368 e. The second-order valence-electron chi connectivity index (χ2n) is 2.88. The van der Waals surface area contributed by atoms with Crippen molar-refractivity contribution in [2.45, 2.75) is 26.1 Å². The molecule has 78 valence electrons. The zero-order valence-corrected chi connectivity index (χ0v) is 8.56. The standard InChI is InChI=1S/C8H8.C4H10O2/c1-2-8-6-4-3-5-7-8;1-2-3-4(5)6/h2-7H,1H2;4-6H,2-3H2,1H3. The van der Waals surface area contributed by atoms with Crippen LogP contribution < -0.4 is 0 Å². The Labute approximate surface area is 85.5 Å². The van der Waals surface area contributed by atoms with Crippen LogP contribution in [0.2, 0.25) is 0 Å². The summed E-state index contributed by atoms with van der Waals surface area (Å²) in [6, 6.07) is 10.0. The van der Waals surface area contributed by atoms with E-state index in [4.69, 9.17) is 10.2 Å². The van der Waals surface area contributed by atoms with Gasteiger partial charge in [0, 0.05) is 0 Å². The van der Waals surface area contributed by atoms with E-state index in [1.54, 1.807) is 0 Å². The van der Waals surface area contributed by atoms with Gasteiger partial charge in [0.1, 0.15) is 0 Å². The first kappa shape index (κ1) is 12.9. The molecule has 1 aromatic rings. The van der Waals surface area contributed by atoms with Crippen LogP contribution in [0, 0.1) is 0 Å². The molecule has 0 heterocycles. The normalized spacial score (nSPS) is 9.14. The average molecular weight is 194 g/mol. The molecular weight excluding hydrogens is 176 g/mol. The van der Waals surface area contributed by atoms with E-state index >= 15 is 0 Å². The Morgan fingerprint density at radius 2 is 1.86 bits per heavy atom. The number of benzene rings is 1. The zero-order chi connectivity index (χ0) is 10.8. The molecule has 0 saturated heterocycles. The van der Waals surface area contributed by atoms with Gasteiger partial charge in [0.05, 0.1) is 0 Å². The van der Waals surface area contributed by atoms with Crippen LogP contribution in [0.4, 0.5) is 0 Å². The van der Waals surface area contributed by atoms with Crippen LogP contribution in [0.3, 0.4) is 0 Å². The lowest BCUT2D eigenvalue weighted by molar-refractivity contribution is -0.0453. The molecule has 2 heteroatoms. The number of hydrogen-bond donors (Lipinski definition) is 2. The lowest BCUT2D eigenvalue weighted by Crippen LogP contribution is -2.01. The van der Waals surface area contributed by atoms with Gasteiger partial charge in [-0.3, -0.25) is 0 Å². The summed E-state index contributed by atoms with van der Waals surface area (Å²) in [6.45, 7) is 5.53. The van der Waals surface area contributed by atoms with E-state index in [1.807, 2.05) is 43.3 Å². The van der Waals surface area contributed by atoms with E-state index in [1.165, 1.54) is 5.56 Å². The fourth-order valence-corrected chi connectivity index (χ4v) is 0.847. The van der Waals surface area contributed by atoms with Crippen molar-refractivity contribution in [3.8, 4) is 0 Å². The predicted octanol–water partition coefficient (Wildman–Crippen LogP) is 2.43. The monoisotopic (exact) mass is 194 g/mol. The average Bonchev–Trinajstić information content (AvgIpc) is 2.20. The van der Waals surface area contributed by atoms with E-state index in [-0.39, 0.29) is 0 Å². The van der Waals surface area contributed by atoms with Gasteiger partial charge in [-0.15, -0.1) is 0 Å². The molecule has 14 heavy (non-hydrogen) atoms. The Hall–Kier alpha value is -1.12. The lowest BCUT2D eigenvalue weighted by atomic mass is 10.2. The van der Waals surface area contributed by atoms with Crippen molar-refractivity contribution in [2.75, 3.05) is 0 Å². The second kappa shape index (κ2) is 8.48. The van der Waals surface area contributed by atoms with Gasteiger partial charge in [-0.05, 0) is 12.0 Å². The highest BCUT2D eigenvalue weighted by Gasteiger charge is 1.89. The van der Waals surface area contributed by atoms with E-state index < -0.39 is 6.29 Å². The Morgan fingerprint density at radius 3 is 2.07 bits per heavy atom. The fourth-order valence-electron chi connectivity index (χ4n) is 0.847. The van der Waals surface area contributed by atoms with Gasteiger partial charge >= 0.3 is 0 Å². The quantitative estimate of drug-likeness (QED) is 0.725. The summed E-state index contributed by atoms with van der Waals surface area (Å²) in [5.74, 6) is 0. The van der Waals surface area contributed by atoms with Gasteiger partial charge in [-0.2, -0.15) is 0 Å². The molecule has 0 bridgehead atoms. The maximum absolute atomic E-state index is 8.11. The predicted molar refractivity (Wildman–Crippen MR) is 59.7 cm³/mol. The number of aliphatic hydroxyl groups is 2. The molecule has 0 aliphatic rings. The largest absolute Gasteiger partial charge is 0.368 e.